The van der Waals surface area contributed by atoms with E-state index >= 15 is 0 Å². The minimum atomic E-state index is -0.197. The smallest absolute Gasteiger partial charge is 0.251 e. The lowest BCUT2D eigenvalue weighted by molar-refractivity contribution is 0.0948. The van der Waals surface area contributed by atoms with E-state index in [-0.39, 0.29) is 11.8 Å². The Morgan fingerprint density at radius 2 is 1.81 bits per heavy atom. The summed E-state index contributed by atoms with van der Waals surface area (Å²) in [6.45, 7) is 2.69. The molecule has 4 rings (SSSR count). The van der Waals surface area contributed by atoms with Gasteiger partial charge in [0.1, 0.15) is 18.0 Å². The highest BCUT2D eigenvalue weighted by molar-refractivity contribution is 5.95. The average molecular weight is 428 g/mol. The van der Waals surface area contributed by atoms with Gasteiger partial charge < -0.3 is 19.8 Å². The van der Waals surface area contributed by atoms with Crippen molar-refractivity contribution in [3.63, 3.8) is 0 Å². The number of rotatable bonds is 7. The van der Waals surface area contributed by atoms with Gasteiger partial charge in [-0.25, -0.2) is 4.98 Å². The van der Waals surface area contributed by atoms with E-state index in [1.807, 2.05) is 41.9 Å². The fourth-order valence-electron chi connectivity index (χ4n) is 3.39. The molecule has 0 aliphatic rings. The number of pyridine rings is 1. The Hall–Kier alpha value is -4.13. The summed E-state index contributed by atoms with van der Waals surface area (Å²) in [5.41, 5.74) is 4.79. The number of carbonyl (C=O) groups excluding carboxylic acids is 2. The second-order valence-corrected chi connectivity index (χ2v) is 7.43. The molecule has 0 bridgehead atoms. The molecule has 0 saturated heterocycles. The van der Waals surface area contributed by atoms with E-state index < -0.39 is 0 Å². The van der Waals surface area contributed by atoms with Crippen molar-refractivity contribution in [2.45, 2.75) is 20.1 Å². The van der Waals surface area contributed by atoms with Crippen molar-refractivity contribution in [1.29, 1.82) is 0 Å². The number of carbonyl (C=O) groups is 2. The lowest BCUT2D eigenvalue weighted by Crippen LogP contribution is -2.23. The molecule has 2 N–H and O–H groups in total. The molecular formula is C25H24N4O3. The first-order chi connectivity index (χ1) is 15.5. The van der Waals surface area contributed by atoms with Crippen molar-refractivity contribution in [2.75, 3.05) is 7.05 Å². The molecule has 7 heteroatoms. The van der Waals surface area contributed by atoms with Gasteiger partial charge >= 0.3 is 0 Å². The first-order valence-corrected chi connectivity index (χ1v) is 10.3. The number of fused-ring (bicyclic) bond motifs is 1. The summed E-state index contributed by atoms with van der Waals surface area (Å²) in [5, 5.41) is 5.46. The number of benzene rings is 2. The van der Waals surface area contributed by atoms with E-state index in [4.69, 9.17) is 4.74 Å². The van der Waals surface area contributed by atoms with Gasteiger partial charge in [0.25, 0.3) is 11.8 Å². The topological polar surface area (TPSA) is 84.7 Å². The van der Waals surface area contributed by atoms with Crippen LogP contribution in [0, 0.1) is 6.92 Å². The third-order valence-electron chi connectivity index (χ3n) is 5.10. The predicted molar refractivity (Wildman–Crippen MR) is 122 cm³/mol. The molecule has 0 radical (unpaired) electrons. The van der Waals surface area contributed by atoms with E-state index in [0.717, 1.165) is 22.5 Å². The highest BCUT2D eigenvalue weighted by Gasteiger charge is 2.09. The van der Waals surface area contributed by atoms with Crippen LogP contribution in [0.3, 0.4) is 0 Å². The van der Waals surface area contributed by atoms with Crippen LogP contribution in [0.15, 0.2) is 73.1 Å². The second-order valence-electron chi connectivity index (χ2n) is 7.43. The van der Waals surface area contributed by atoms with Crippen LogP contribution in [-0.2, 0) is 13.2 Å². The number of amides is 2. The summed E-state index contributed by atoms with van der Waals surface area (Å²) in [6, 6.07) is 18.1. The van der Waals surface area contributed by atoms with Gasteiger partial charge in [-0.1, -0.05) is 18.2 Å². The van der Waals surface area contributed by atoms with Gasteiger partial charge in [-0.15, -0.1) is 0 Å². The Labute approximate surface area is 186 Å². The molecule has 7 nitrogen and oxygen atoms in total. The molecule has 2 heterocycles. The quantitative estimate of drug-likeness (QED) is 0.472. The minimum absolute atomic E-state index is 0.160. The molecule has 0 saturated carbocycles. The largest absolute Gasteiger partial charge is 0.487 e. The molecule has 0 fully saturated rings. The lowest BCUT2D eigenvalue weighted by Gasteiger charge is -2.08. The van der Waals surface area contributed by atoms with E-state index in [1.165, 1.54) is 0 Å². The van der Waals surface area contributed by atoms with Crippen LogP contribution in [0.25, 0.3) is 5.65 Å². The van der Waals surface area contributed by atoms with Crippen LogP contribution in [0.1, 0.15) is 37.5 Å². The van der Waals surface area contributed by atoms with E-state index in [9.17, 15) is 9.59 Å². The fourth-order valence-corrected chi connectivity index (χ4v) is 3.39. The lowest BCUT2D eigenvalue weighted by atomic mass is 10.1. The number of nitrogens with zero attached hydrogens (tertiary/aromatic N) is 2. The number of aromatic nitrogens is 2. The molecule has 0 spiro atoms. The third kappa shape index (κ3) is 4.78. The maximum Gasteiger partial charge on any atom is 0.251 e. The van der Waals surface area contributed by atoms with Crippen molar-refractivity contribution in [3.8, 4) is 5.75 Å². The summed E-state index contributed by atoms with van der Waals surface area (Å²) in [6.07, 6.45) is 3.91. The number of ether oxygens (including phenoxy) is 1. The standard InChI is InChI=1S/C25H24N4O3/c1-17-5-4-12-29-15-21(28-23(17)29)16-32-22-10-8-19(9-11-22)25(31)27-14-18-6-3-7-20(13-18)24(30)26-2/h3-13,15H,14,16H2,1-2H3,(H,26,30)(H,27,31). The zero-order valence-electron chi connectivity index (χ0n) is 18.0. The molecule has 0 unspecified atom stereocenters. The zero-order chi connectivity index (χ0) is 22.5. The normalized spacial score (nSPS) is 10.7. The Kier molecular flexibility index (Phi) is 6.17. The molecule has 32 heavy (non-hydrogen) atoms. The third-order valence-corrected chi connectivity index (χ3v) is 5.10. The van der Waals surface area contributed by atoms with Crippen molar-refractivity contribution in [2.24, 2.45) is 0 Å². The van der Waals surface area contributed by atoms with Gasteiger partial charge in [-0.3, -0.25) is 9.59 Å². The van der Waals surface area contributed by atoms with Gasteiger partial charge in [-0.05, 0) is 60.5 Å². The number of imidazole rings is 1. The van der Waals surface area contributed by atoms with Crippen LogP contribution in [0.2, 0.25) is 0 Å². The Morgan fingerprint density at radius 3 is 2.56 bits per heavy atom. The van der Waals surface area contributed by atoms with E-state index in [1.54, 1.807) is 49.5 Å². The van der Waals surface area contributed by atoms with Crippen molar-refractivity contribution >= 4 is 17.5 Å². The maximum absolute atomic E-state index is 12.5. The first kappa shape index (κ1) is 21.1. The van der Waals surface area contributed by atoms with E-state index in [0.29, 0.717) is 30.0 Å². The van der Waals surface area contributed by atoms with Gasteiger partial charge in [0, 0.05) is 37.1 Å². The highest BCUT2D eigenvalue weighted by Crippen LogP contribution is 2.16. The van der Waals surface area contributed by atoms with Crippen LogP contribution in [-0.4, -0.2) is 28.2 Å². The number of hydrogen-bond acceptors (Lipinski definition) is 4. The van der Waals surface area contributed by atoms with Gasteiger partial charge in [-0.2, -0.15) is 0 Å². The summed E-state index contributed by atoms with van der Waals surface area (Å²) in [7, 11) is 1.59. The molecule has 0 atom stereocenters. The highest BCUT2D eigenvalue weighted by atomic mass is 16.5. The molecular weight excluding hydrogens is 404 g/mol. The summed E-state index contributed by atoms with van der Waals surface area (Å²) >= 11 is 0. The van der Waals surface area contributed by atoms with Crippen LogP contribution < -0.4 is 15.4 Å². The molecule has 0 aliphatic carbocycles. The molecule has 162 valence electrons. The number of aryl methyl sites for hydroxylation is 1. The van der Waals surface area contributed by atoms with Gasteiger partial charge in [0.15, 0.2) is 0 Å². The van der Waals surface area contributed by atoms with Crippen molar-refractivity contribution in [1.82, 2.24) is 20.0 Å². The molecule has 2 aromatic carbocycles. The maximum atomic E-state index is 12.5. The van der Waals surface area contributed by atoms with Gasteiger partial charge in [0.05, 0.1) is 5.69 Å². The summed E-state index contributed by atoms with van der Waals surface area (Å²) in [4.78, 5) is 28.8. The Balaban J connectivity index is 1.33. The second kappa shape index (κ2) is 9.34. The molecule has 4 aromatic rings. The Bertz CT molecular complexity index is 1260. The summed E-state index contributed by atoms with van der Waals surface area (Å²) in [5.74, 6) is 0.305. The van der Waals surface area contributed by atoms with Crippen molar-refractivity contribution < 1.29 is 14.3 Å². The van der Waals surface area contributed by atoms with E-state index in [2.05, 4.69) is 15.6 Å². The van der Waals surface area contributed by atoms with Crippen LogP contribution in [0.5, 0.6) is 5.75 Å². The SMILES string of the molecule is CNC(=O)c1cccc(CNC(=O)c2ccc(OCc3cn4cccc(C)c4n3)cc2)c1. The summed E-state index contributed by atoms with van der Waals surface area (Å²) < 4.78 is 7.80. The molecule has 2 aromatic heterocycles. The van der Waals surface area contributed by atoms with Crippen LogP contribution in [0.4, 0.5) is 0 Å². The number of hydrogen-bond donors (Lipinski definition) is 2. The number of nitrogens with one attached hydrogen (secondary N) is 2. The van der Waals surface area contributed by atoms with Gasteiger partial charge in [0.2, 0.25) is 0 Å². The zero-order valence-corrected chi connectivity index (χ0v) is 18.0. The first-order valence-electron chi connectivity index (χ1n) is 10.3. The minimum Gasteiger partial charge on any atom is -0.487 e. The molecule has 2 amide bonds. The van der Waals surface area contributed by atoms with Crippen molar-refractivity contribution in [3.05, 3.63) is 101 Å². The Morgan fingerprint density at radius 1 is 1.00 bits per heavy atom. The molecule has 0 aliphatic heterocycles. The predicted octanol–water partition coefficient (Wildman–Crippen LogP) is 3.51. The monoisotopic (exact) mass is 428 g/mol. The average Bonchev–Trinajstić information content (AvgIpc) is 3.26. The fraction of sp³-hybridized carbons (Fsp3) is 0.160. The van der Waals surface area contributed by atoms with Crippen LogP contribution >= 0.6 is 0 Å².